The van der Waals surface area contributed by atoms with E-state index in [1.54, 1.807) is 6.07 Å². The minimum atomic E-state index is -0.970. The summed E-state index contributed by atoms with van der Waals surface area (Å²) in [6, 6.07) is 0.997. The van der Waals surface area contributed by atoms with Crippen LogP contribution in [0.3, 0.4) is 0 Å². The normalized spacial score (nSPS) is 12.5. The van der Waals surface area contributed by atoms with E-state index in [4.69, 9.17) is 0 Å². The lowest BCUT2D eigenvalue weighted by atomic mass is 10.0. The molecule has 1 aromatic rings. The van der Waals surface area contributed by atoms with Crippen molar-refractivity contribution >= 4 is 11.9 Å². The number of rotatable bonds is 6. The number of hydrogen-bond acceptors (Lipinski definition) is 3. The van der Waals surface area contributed by atoms with Gasteiger partial charge in [0.15, 0.2) is 0 Å². The van der Waals surface area contributed by atoms with Crippen molar-refractivity contribution in [3.05, 3.63) is 17.5 Å². The molecule has 0 spiro atoms. The number of H-pyrrole nitrogens is 1. The number of likely N-dealkylation sites (N-methyl/N-ethyl adjacent to an activating group) is 1. The van der Waals surface area contributed by atoms with Gasteiger partial charge in [-0.1, -0.05) is 13.8 Å². The molecule has 1 aromatic heterocycles. The van der Waals surface area contributed by atoms with Gasteiger partial charge < -0.3 is 10.0 Å². The van der Waals surface area contributed by atoms with Gasteiger partial charge in [0.05, 0.1) is 12.1 Å². The number of nitrogens with one attached hydrogen (secondary N) is 1. The van der Waals surface area contributed by atoms with Crippen LogP contribution in [0.25, 0.3) is 0 Å². The maximum Gasteiger partial charge on any atom is 0.326 e. The molecule has 6 nitrogen and oxygen atoms in total. The summed E-state index contributed by atoms with van der Waals surface area (Å²) in [6.07, 6.45) is 0.555. The molecule has 0 aliphatic heterocycles. The fourth-order valence-corrected chi connectivity index (χ4v) is 1.89. The van der Waals surface area contributed by atoms with Gasteiger partial charge in [-0.3, -0.25) is 9.89 Å². The molecule has 1 atom stereocenters. The first-order valence-corrected chi connectivity index (χ1v) is 6.30. The Labute approximate surface area is 112 Å². The Morgan fingerprint density at radius 2 is 2.11 bits per heavy atom. The van der Waals surface area contributed by atoms with Crippen LogP contribution < -0.4 is 0 Å². The topological polar surface area (TPSA) is 86.3 Å². The first kappa shape index (κ1) is 15.2. The third kappa shape index (κ3) is 4.39. The molecule has 0 bridgehead atoms. The van der Waals surface area contributed by atoms with Gasteiger partial charge >= 0.3 is 5.97 Å². The number of nitrogens with zero attached hydrogens (tertiary/aromatic N) is 2. The molecule has 0 aliphatic rings. The monoisotopic (exact) mass is 267 g/mol. The van der Waals surface area contributed by atoms with Gasteiger partial charge in [-0.15, -0.1) is 0 Å². The highest BCUT2D eigenvalue weighted by Gasteiger charge is 2.27. The predicted molar refractivity (Wildman–Crippen MR) is 70.7 cm³/mol. The third-order valence-corrected chi connectivity index (χ3v) is 2.93. The van der Waals surface area contributed by atoms with Crippen molar-refractivity contribution in [2.45, 2.75) is 39.7 Å². The Bertz CT molecular complexity index is 454. The van der Waals surface area contributed by atoms with Gasteiger partial charge in [-0.05, 0) is 25.3 Å². The minimum Gasteiger partial charge on any atom is -0.480 e. The molecule has 0 radical (unpaired) electrons. The Balaban J connectivity index is 2.70. The van der Waals surface area contributed by atoms with E-state index < -0.39 is 12.0 Å². The standard InChI is InChI=1S/C13H21N3O3/c1-8(2)5-11(13(18)19)16(4)12(17)7-10-6-9(3)14-15-10/h6,8,11H,5,7H2,1-4H3,(H,14,15)(H,18,19). The van der Waals surface area contributed by atoms with E-state index in [1.165, 1.54) is 11.9 Å². The maximum absolute atomic E-state index is 12.1. The van der Waals surface area contributed by atoms with Crippen LogP contribution in [0.1, 0.15) is 31.7 Å². The zero-order valence-corrected chi connectivity index (χ0v) is 11.8. The summed E-state index contributed by atoms with van der Waals surface area (Å²) in [4.78, 5) is 24.6. The highest BCUT2D eigenvalue weighted by molar-refractivity contribution is 5.84. The lowest BCUT2D eigenvalue weighted by Gasteiger charge is -2.26. The highest BCUT2D eigenvalue weighted by Crippen LogP contribution is 2.12. The smallest absolute Gasteiger partial charge is 0.326 e. The molecule has 1 amide bonds. The molecule has 0 saturated heterocycles. The number of aromatic amines is 1. The molecular formula is C13H21N3O3. The van der Waals surface area contributed by atoms with Crippen molar-refractivity contribution in [2.24, 2.45) is 5.92 Å². The first-order valence-electron chi connectivity index (χ1n) is 6.30. The van der Waals surface area contributed by atoms with Crippen molar-refractivity contribution < 1.29 is 14.7 Å². The summed E-state index contributed by atoms with van der Waals surface area (Å²) in [7, 11) is 1.53. The highest BCUT2D eigenvalue weighted by atomic mass is 16.4. The molecule has 1 heterocycles. The fourth-order valence-electron chi connectivity index (χ4n) is 1.89. The Hall–Kier alpha value is -1.85. The second-order valence-corrected chi connectivity index (χ2v) is 5.21. The van der Waals surface area contributed by atoms with Crippen molar-refractivity contribution in [3.63, 3.8) is 0 Å². The van der Waals surface area contributed by atoms with Crippen LogP contribution in [-0.4, -0.2) is 45.2 Å². The number of carboxylic acid groups (broad SMARTS) is 1. The Kier molecular flexibility index (Phi) is 5.09. The summed E-state index contributed by atoms with van der Waals surface area (Å²) in [5.41, 5.74) is 1.51. The van der Waals surface area contributed by atoms with E-state index in [-0.39, 0.29) is 18.2 Å². The van der Waals surface area contributed by atoms with E-state index in [9.17, 15) is 14.7 Å². The lowest BCUT2D eigenvalue weighted by Crippen LogP contribution is -2.43. The van der Waals surface area contributed by atoms with Gasteiger partial charge in [-0.2, -0.15) is 5.10 Å². The van der Waals surface area contributed by atoms with Gasteiger partial charge in [-0.25, -0.2) is 4.79 Å². The molecular weight excluding hydrogens is 246 g/mol. The summed E-state index contributed by atoms with van der Waals surface area (Å²) >= 11 is 0. The molecule has 0 fully saturated rings. The lowest BCUT2D eigenvalue weighted by molar-refractivity contribution is -0.149. The van der Waals surface area contributed by atoms with Gasteiger partial charge in [0.25, 0.3) is 0 Å². The van der Waals surface area contributed by atoms with Crippen LogP contribution >= 0.6 is 0 Å². The number of amides is 1. The molecule has 0 aliphatic carbocycles. The minimum absolute atomic E-state index is 0.114. The Morgan fingerprint density at radius 3 is 2.53 bits per heavy atom. The van der Waals surface area contributed by atoms with Gasteiger partial charge in [0.1, 0.15) is 6.04 Å². The van der Waals surface area contributed by atoms with Gasteiger partial charge in [0.2, 0.25) is 5.91 Å². The average Bonchev–Trinajstić information content (AvgIpc) is 2.70. The van der Waals surface area contributed by atoms with Crippen LogP contribution in [0.4, 0.5) is 0 Å². The summed E-state index contributed by atoms with van der Waals surface area (Å²) in [6.45, 7) is 5.72. The number of aromatic nitrogens is 2. The molecule has 2 N–H and O–H groups in total. The van der Waals surface area contributed by atoms with Gasteiger partial charge in [0, 0.05) is 12.7 Å². The largest absolute Gasteiger partial charge is 0.480 e. The summed E-state index contributed by atoms with van der Waals surface area (Å²) in [5.74, 6) is -0.994. The first-order chi connectivity index (χ1) is 8.81. The van der Waals surface area contributed by atoms with E-state index in [2.05, 4.69) is 10.2 Å². The van der Waals surface area contributed by atoms with Crippen molar-refractivity contribution in [2.75, 3.05) is 7.05 Å². The van der Waals surface area contributed by atoms with Crippen LogP contribution in [0, 0.1) is 12.8 Å². The molecule has 6 heteroatoms. The second kappa shape index (κ2) is 6.36. The summed E-state index contributed by atoms with van der Waals surface area (Å²) < 4.78 is 0. The zero-order chi connectivity index (χ0) is 14.6. The third-order valence-electron chi connectivity index (χ3n) is 2.93. The second-order valence-electron chi connectivity index (χ2n) is 5.21. The summed E-state index contributed by atoms with van der Waals surface area (Å²) in [5, 5.41) is 15.9. The number of aliphatic carboxylic acids is 1. The molecule has 1 unspecified atom stereocenters. The number of aryl methyl sites for hydroxylation is 1. The maximum atomic E-state index is 12.1. The van der Waals surface area contributed by atoms with E-state index >= 15 is 0 Å². The van der Waals surface area contributed by atoms with Crippen LogP contribution in [-0.2, 0) is 16.0 Å². The molecule has 0 saturated carbocycles. The fraction of sp³-hybridized carbons (Fsp3) is 0.615. The zero-order valence-electron chi connectivity index (χ0n) is 11.8. The number of carboxylic acids is 1. The average molecular weight is 267 g/mol. The van der Waals surface area contributed by atoms with Crippen molar-refractivity contribution in [3.8, 4) is 0 Å². The molecule has 0 aromatic carbocycles. The van der Waals surface area contributed by atoms with Crippen LogP contribution in [0.2, 0.25) is 0 Å². The van der Waals surface area contributed by atoms with Crippen molar-refractivity contribution in [1.29, 1.82) is 0 Å². The van der Waals surface area contributed by atoms with Crippen LogP contribution in [0.15, 0.2) is 6.07 Å². The van der Waals surface area contributed by atoms with Crippen molar-refractivity contribution in [1.82, 2.24) is 15.1 Å². The van der Waals surface area contributed by atoms with Crippen LogP contribution in [0.5, 0.6) is 0 Å². The SMILES string of the molecule is Cc1cc(CC(=O)N(C)C(CC(C)C)C(=O)O)n[nH]1. The molecule has 1 rings (SSSR count). The van der Waals surface area contributed by atoms with E-state index in [0.29, 0.717) is 12.1 Å². The molecule has 106 valence electrons. The van der Waals surface area contributed by atoms with E-state index in [1.807, 2.05) is 20.8 Å². The predicted octanol–water partition coefficient (Wildman–Crippen LogP) is 1.22. The number of carbonyl (C=O) groups is 2. The van der Waals surface area contributed by atoms with E-state index in [0.717, 1.165) is 5.69 Å². The Morgan fingerprint density at radius 1 is 1.47 bits per heavy atom. The quantitative estimate of drug-likeness (QED) is 0.811. The number of carbonyl (C=O) groups excluding carboxylic acids is 1. The molecule has 19 heavy (non-hydrogen) atoms. The number of hydrogen-bond donors (Lipinski definition) is 2.